The molecule has 32 heavy (non-hydrogen) atoms. The summed E-state index contributed by atoms with van der Waals surface area (Å²) < 4.78 is 4.23. The van der Waals surface area contributed by atoms with Crippen molar-refractivity contribution < 1.29 is 52.7 Å². The van der Waals surface area contributed by atoms with E-state index in [0.717, 1.165) is 24.2 Å². The molecule has 0 aliphatic carbocycles. The molecule has 0 unspecified atom stereocenters. The molecule has 170 valence electrons. The number of hydrogen-bond acceptors (Lipinski definition) is 2. The minimum atomic E-state index is -0.0282. The standard InChI is InChI=1S/C24H26N4O2.2BrH/c1-19(29)25-13-23-5-3-11-27(17-23)15-21-7-9-22(10-8-21)16-28-12-4-6-24(18-28)14-26-20(2)30;;/h3-12,17-18H,13-16H2,1-2H3;2*1H. The second-order valence-electron chi connectivity index (χ2n) is 7.41. The van der Waals surface area contributed by atoms with Gasteiger partial charge in [-0.15, -0.1) is 0 Å². The number of halogens is 2. The van der Waals surface area contributed by atoms with E-state index >= 15 is 0 Å². The van der Waals surface area contributed by atoms with Crippen molar-refractivity contribution in [1.29, 1.82) is 0 Å². The van der Waals surface area contributed by atoms with Crippen LogP contribution in [0.15, 0.2) is 73.3 Å². The van der Waals surface area contributed by atoms with Crippen molar-refractivity contribution in [2.45, 2.75) is 40.0 Å². The Kier molecular flexibility index (Phi) is 11.8. The Hall–Kier alpha value is -2.58. The van der Waals surface area contributed by atoms with E-state index in [2.05, 4.69) is 56.4 Å². The molecule has 0 atom stereocenters. The van der Waals surface area contributed by atoms with Gasteiger partial charge in [0.25, 0.3) is 0 Å². The van der Waals surface area contributed by atoms with Gasteiger partial charge in [0.2, 0.25) is 11.8 Å². The quantitative estimate of drug-likeness (QED) is 0.272. The summed E-state index contributed by atoms with van der Waals surface area (Å²) in [5, 5.41) is 5.65. The lowest BCUT2D eigenvalue weighted by Gasteiger charge is -2.04. The topological polar surface area (TPSA) is 66.0 Å². The summed E-state index contributed by atoms with van der Waals surface area (Å²) in [7, 11) is 0. The van der Waals surface area contributed by atoms with Crippen molar-refractivity contribution in [3.8, 4) is 0 Å². The second kappa shape index (κ2) is 13.8. The molecule has 0 fully saturated rings. The molecule has 3 rings (SSSR count). The van der Waals surface area contributed by atoms with E-state index in [-0.39, 0.29) is 45.8 Å². The molecule has 1 aromatic carbocycles. The SMILES string of the molecule is CC(=O)NCc1ccc[n+](Cc2ccc(C[n+]3cccc(CNC(C)=O)c3)cc2)c1.[Br-].[Br-]. The van der Waals surface area contributed by atoms with Gasteiger partial charge in [0.1, 0.15) is 0 Å². The first-order valence-corrected chi connectivity index (χ1v) is 10.0. The maximum Gasteiger partial charge on any atom is 0.217 e. The molecule has 2 aromatic heterocycles. The van der Waals surface area contributed by atoms with Crippen LogP contribution in [0, 0.1) is 0 Å². The van der Waals surface area contributed by atoms with Gasteiger partial charge >= 0.3 is 0 Å². The number of carbonyl (C=O) groups excluding carboxylic acids is 2. The van der Waals surface area contributed by atoms with Crippen LogP contribution in [0.25, 0.3) is 0 Å². The molecule has 0 spiro atoms. The van der Waals surface area contributed by atoms with E-state index < -0.39 is 0 Å². The van der Waals surface area contributed by atoms with Crippen LogP contribution in [0.2, 0.25) is 0 Å². The molecule has 2 N–H and O–H groups in total. The smallest absolute Gasteiger partial charge is 0.217 e. The molecule has 2 amide bonds. The van der Waals surface area contributed by atoms with Gasteiger partial charge in [-0.05, 0) is 12.1 Å². The third kappa shape index (κ3) is 9.28. The number of amides is 2. The fourth-order valence-electron chi connectivity index (χ4n) is 3.18. The van der Waals surface area contributed by atoms with Crippen molar-refractivity contribution in [1.82, 2.24) is 10.6 Å². The van der Waals surface area contributed by atoms with E-state index in [0.29, 0.717) is 13.1 Å². The summed E-state index contributed by atoms with van der Waals surface area (Å²) in [5.74, 6) is -0.0565. The lowest BCUT2D eigenvalue weighted by atomic mass is 10.1. The molecule has 0 saturated heterocycles. The Bertz CT molecular complexity index is 944. The van der Waals surface area contributed by atoms with E-state index in [9.17, 15) is 9.59 Å². The first-order chi connectivity index (χ1) is 14.5. The van der Waals surface area contributed by atoms with E-state index in [1.807, 2.05) is 36.7 Å². The van der Waals surface area contributed by atoms with Crippen LogP contribution < -0.4 is 53.7 Å². The van der Waals surface area contributed by atoms with Crippen molar-refractivity contribution in [3.63, 3.8) is 0 Å². The van der Waals surface area contributed by atoms with Crippen LogP contribution in [0.3, 0.4) is 0 Å². The Morgan fingerprint density at radius 2 is 1.03 bits per heavy atom. The van der Waals surface area contributed by atoms with Crippen molar-refractivity contribution in [3.05, 3.63) is 95.6 Å². The highest BCUT2D eigenvalue weighted by molar-refractivity contribution is 5.73. The molecule has 0 aliphatic rings. The predicted molar refractivity (Wildman–Crippen MR) is 113 cm³/mol. The fraction of sp³-hybridized carbons (Fsp3) is 0.250. The molecule has 2 heterocycles. The number of benzene rings is 1. The summed E-state index contributed by atoms with van der Waals surface area (Å²) in [4.78, 5) is 22.2. The Morgan fingerprint density at radius 1 is 0.656 bits per heavy atom. The first-order valence-electron chi connectivity index (χ1n) is 10.0. The third-order valence-electron chi connectivity index (χ3n) is 4.68. The van der Waals surface area contributed by atoms with Crippen LogP contribution in [-0.4, -0.2) is 11.8 Å². The predicted octanol–water partition coefficient (Wildman–Crippen LogP) is -4.36. The van der Waals surface area contributed by atoms with Crippen molar-refractivity contribution in [2.75, 3.05) is 0 Å². The maximum atomic E-state index is 11.1. The number of pyridine rings is 2. The zero-order valence-corrected chi connectivity index (χ0v) is 21.4. The minimum Gasteiger partial charge on any atom is -1.00 e. The third-order valence-corrected chi connectivity index (χ3v) is 4.68. The lowest BCUT2D eigenvalue weighted by molar-refractivity contribution is -0.689. The van der Waals surface area contributed by atoms with Gasteiger partial charge in [-0.3, -0.25) is 9.59 Å². The fourth-order valence-corrected chi connectivity index (χ4v) is 3.18. The maximum absolute atomic E-state index is 11.1. The zero-order chi connectivity index (χ0) is 21.3. The second-order valence-corrected chi connectivity index (χ2v) is 7.41. The Labute approximate surface area is 210 Å². The number of carbonyl (C=O) groups is 2. The van der Waals surface area contributed by atoms with Crippen LogP contribution in [-0.2, 0) is 35.8 Å². The number of aromatic nitrogens is 2. The zero-order valence-electron chi connectivity index (χ0n) is 18.2. The molecule has 3 aromatic rings. The lowest BCUT2D eigenvalue weighted by Crippen LogP contribution is -3.00. The summed E-state index contributed by atoms with van der Waals surface area (Å²) in [6, 6.07) is 16.6. The molecule has 0 saturated carbocycles. The van der Waals surface area contributed by atoms with Crippen LogP contribution in [0.1, 0.15) is 36.1 Å². The molecular weight excluding hydrogens is 536 g/mol. The van der Waals surface area contributed by atoms with Gasteiger partial charge in [0.15, 0.2) is 37.9 Å². The average molecular weight is 564 g/mol. The van der Waals surface area contributed by atoms with Gasteiger partial charge in [-0.1, -0.05) is 24.3 Å². The van der Waals surface area contributed by atoms with Crippen molar-refractivity contribution >= 4 is 11.8 Å². The van der Waals surface area contributed by atoms with E-state index in [1.54, 1.807) is 0 Å². The van der Waals surface area contributed by atoms with E-state index in [1.165, 1.54) is 25.0 Å². The highest BCUT2D eigenvalue weighted by Gasteiger charge is 2.08. The molecular formula is C24H28Br2N4O2. The summed E-state index contributed by atoms with van der Waals surface area (Å²) in [5.41, 5.74) is 4.56. The average Bonchev–Trinajstić information content (AvgIpc) is 2.73. The number of rotatable bonds is 8. The Morgan fingerprint density at radius 3 is 1.38 bits per heavy atom. The monoisotopic (exact) mass is 562 g/mol. The molecule has 0 bridgehead atoms. The van der Waals surface area contributed by atoms with Gasteiger partial charge in [-0.25, -0.2) is 9.13 Å². The summed E-state index contributed by atoms with van der Waals surface area (Å²) in [6.07, 6.45) is 8.17. The van der Waals surface area contributed by atoms with Crippen LogP contribution >= 0.6 is 0 Å². The van der Waals surface area contributed by atoms with Crippen LogP contribution in [0.4, 0.5) is 0 Å². The van der Waals surface area contributed by atoms with E-state index in [4.69, 9.17) is 0 Å². The van der Waals surface area contributed by atoms with Gasteiger partial charge in [-0.2, -0.15) is 0 Å². The molecule has 8 heteroatoms. The number of hydrogen-bond donors (Lipinski definition) is 2. The molecule has 6 nitrogen and oxygen atoms in total. The minimum absolute atomic E-state index is 0. The normalized spacial score (nSPS) is 9.81. The van der Waals surface area contributed by atoms with Gasteiger partial charge in [0.05, 0.1) is 0 Å². The number of nitrogens with one attached hydrogen (secondary N) is 2. The Balaban J connectivity index is 0.00000256. The largest absolute Gasteiger partial charge is 1.00 e. The van der Waals surface area contributed by atoms with Gasteiger partial charge in [0, 0.05) is 61.3 Å². The number of nitrogens with zero attached hydrogens (tertiary/aromatic N) is 2. The van der Waals surface area contributed by atoms with Gasteiger partial charge < -0.3 is 44.6 Å². The highest BCUT2D eigenvalue weighted by Crippen LogP contribution is 2.05. The molecule has 0 aliphatic heterocycles. The van der Waals surface area contributed by atoms with Crippen LogP contribution in [0.5, 0.6) is 0 Å². The van der Waals surface area contributed by atoms with Crippen molar-refractivity contribution in [2.24, 2.45) is 0 Å². The summed E-state index contributed by atoms with van der Waals surface area (Å²) in [6.45, 7) is 5.66. The molecule has 0 radical (unpaired) electrons. The highest BCUT2D eigenvalue weighted by atomic mass is 79.9. The first kappa shape index (κ1) is 27.5. The summed E-state index contributed by atoms with van der Waals surface area (Å²) >= 11 is 0.